The Labute approximate surface area is 103 Å². The van der Waals surface area contributed by atoms with Gasteiger partial charge in [0.05, 0.1) is 11.7 Å². The highest BCUT2D eigenvalue weighted by atomic mass is 16.5. The van der Waals surface area contributed by atoms with Crippen molar-refractivity contribution >= 4 is 5.69 Å². The number of likely N-dealkylation sites (tertiary alicyclic amines) is 1. The van der Waals surface area contributed by atoms with E-state index in [1.807, 2.05) is 12.1 Å². The van der Waals surface area contributed by atoms with Crippen LogP contribution in [-0.4, -0.2) is 37.7 Å². The van der Waals surface area contributed by atoms with Crippen LogP contribution in [0.3, 0.4) is 0 Å². The number of hydrogen-bond acceptors (Lipinski definition) is 3. The summed E-state index contributed by atoms with van der Waals surface area (Å²) < 4.78 is 5.84. The molecule has 3 heteroatoms. The monoisotopic (exact) mass is 232 g/mol. The van der Waals surface area contributed by atoms with Crippen LogP contribution in [-0.2, 0) is 0 Å². The predicted octanol–water partition coefficient (Wildman–Crippen LogP) is 2.20. The lowest BCUT2D eigenvalue weighted by atomic mass is 9.90. The highest BCUT2D eigenvalue weighted by Gasteiger charge is 2.29. The van der Waals surface area contributed by atoms with Gasteiger partial charge in [0.1, 0.15) is 12.4 Å². The molecule has 0 saturated carbocycles. The number of nitrogens with zero attached hydrogens (tertiary/aromatic N) is 1. The molecule has 0 aliphatic carbocycles. The molecule has 3 rings (SSSR count). The number of nitrogens with one attached hydrogen (secondary N) is 1. The molecule has 3 nitrogen and oxygen atoms in total. The highest BCUT2D eigenvalue weighted by Crippen LogP contribution is 2.31. The molecule has 17 heavy (non-hydrogen) atoms. The number of ether oxygens (including phenoxy) is 1. The Bertz CT molecular complexity index is 394. The van der Waals surface area contributed by atoms with Crippen LogP contribution in [0.15, 0.2) is 24.3 Å². The van der Waals surface area contributed by atoms with Crippen molar-refractivity contribution in [1.82, 2.24) is 4.90 Å². The molecule has 2 aliphatic heterocycles. The molecule has 0 bridgehead atoms. The lowest BCUT2D eigenvalue weighted by molar-refractivity contribution is 0.159. The number of hydrogen-bond donors (Lipinski definition) is 1. The first-order valence-electron chi connectivity index (χ1n) is 6.50. The maximum Gasteiger partial charge on any atom is 0.142 e. The first-order chi connectivity index (χ1) is 8.33. The molecule has 1 N–H and O–H groups in total. The molecular weight excluding hydrogens is 212 g/mol. The second kappa shape index (κ2) is 4.57. The third-order valence-electron chi connectivity index (χ3n) is 3.88. The normalized spacial score (nSPS) is 29.0. The van der Waals surface area contributed by atoms with E-state index in [2.05, 4.69) is 29.4 Å². The van der Waals surface area contributed by atoms with Gasteiger partial charge in [-0.1, -0.05) is 12.1 Å². The molecule has 2 unspecified atom stereocenters. The van der Waals surface area contributed by atoms with Gasteiger partial charge in [0, 0.05) is 6.54 Å². The first-order valence-corrected chi connectivity index (χ1v) is 6.50. The fourth-order valence-electron chi connectivity index (χ4n) is 2.92. The van der Waals surface area contributed by atoms with E-state index < -0.39 is 0 Å². The van der Waals surface area contributed by atoms with Gasteiger partial charge in [0.15, 0.2) is 0 Å². The SMILES string of the molecule is CN1CCCC(C2COc3ccccc3N2)C1. The van der Waals surface area contributed by atoms with Crippen LogP contribution >= 0.6 is 0 Å². The Balaban J connectivity index is 1.71. The maximum atomic E-state index is 5.84. The van der Waals surface area contributed by atoms with E-state index in [0.717, 1.165) is 18.0 Å². The van der Waals surface area contributed by atoms with Crippen LogP contribution < -0.4 is 10.1 Å². The molecule has 1 aromatic carbocycles. The average Bonchev–Trinajstić information content (AvgIpc) is 2.38. The van der Waals surface area contributed by atoms with E-state index in [-0.39, 0.29) is 0 Å². The number of piperidine rings is 1. The summed E-state index contributed by atoms with van der Waals surface area (Å²) >= 11 is 0. The van der Waals surface area contributed by atoms with Crippen LogP contribution in [0.25, 0.3) is 0 Å². The summed E-state index contributed by atoms with van der Waals surface area (Å²) in [5.41, 5.74) is 1.15. The van der Waals surface area contributed by atoms with Gasteiger partial charge in [-0.25, -0.2) is 0 Å². The molecular formula is C14H20N2O. The highest BCUT2D eigenvalue weighted by molar-refractivity contribution is 5.58. The molecule has 1 saturated heterocycles. The number of anilines is 1. The minimum Gasteiger partial charge on any atom is -0.489 e. The molecule has 1 fully saturated rings. The second-order valence-electron chi connectivity index (χ2n) is 5.22. The van der Waals surface area contributed by atoms with Crippen molar-refractivity contribution in [2.75, 3.05) is 32.1 Å². The van der Waals surface area contributed by atoms with Crippen LogP contribution in [0.5, 0.6) is 5.75 Å². The van der Waals surface area contributed by atoms with Gasteiger partial charge < -0.3 is 15.0 Å². The molecule has 92 valence electrons. The lowest BCUT2D eigenvalue weighted by Gasteiger charge is -2.38. The zero-order valence-electron chi connectivity index (χ0n) is 10.4. The van der Waals surface area contributed by atoms with Crippen molar-refractivity contribution in [3.63, 3.8) is 0 Å². The summed E-state index contributed by atoms with van der Waals surface area (Å²) in [5.74, 6) is 1.70. The van der Waals surface area contributed by atoms with Crippen molar-refractivity contribution in [3.05, 3.63) is 24.3 Å². The zero-order chi connectivity index (χ0) is 11.7. The Morgan fingerprint density at radius 2 is 2.24 bits per heavy atom. The standard InChI is InChI=1S/C14H20N2O/c1-16-8-4-5-11(9-16)13-10-17-14-7-3-2-6-12(14)15-13/h2-3,6-7,11,13,15H,4-5,8-10H2,1H3. The summed E-state index contributed by atoms with van der Waals surface area (Å²) in [4.78, 5) is 2.43. The van der Waals surface area contributed by atoms with Gasteiger partial charge in [0.25, 0.3) is 0 Å². The largest absolute Gasteiger partial charge is 0.489 e. The smallest absolute Gasteiger partial charge is 0.142 e. The van der Waals surface area contributed by atoms with Crippen LogP contribution in [0.4, 0.5) is 5.69 Å². The first kappa shape index (κ1) is 10.9. The number of benzene rings is 1. The summed E-state index contributed by atoms with van der Waals surface area (Å²) in [6.45, 7) is 3.22. The van der Waals surface area contributed by atoms with Gasteiger partial charge in [-0.05, 0) is 44.5 Å². The summed E-state index contributed by atoms with van der Waals surface area (Å²) in [7, 11) is 2.21. The zero-order valence-corrected chi connectivity index (χ0v) is 10.4. The average molecular weight is 232 g/mol. The van der Waals surface area contributed by atoms with Gasteiger partial charge in [0.2, 0.25) is 0 Å². The minimum absolute atomic E-state index is 0.465. The van der Waals surface area contributed by atoms with Crippen molar-refractivity contribution in [3.8, 4) is 5.75 Å². The predicted molar refractivity (Wildman–Crippen MR) is 69.6 cm³/mol. The van der Waals surface area contributed by atoms with Crippen LogP contribution in [0.2, 0.25) is 0 Å². The number of para-hydroxylation sites is 2. The summed E-state index contributed by atoms with van der Waals surface area (Å²) in [5, 5.41) is 3.64. The van der Waals surface area contributed by atoms with Gasteiger partial charge in [-0.15, -0.1) is 0 Å². The van der Waals surface area contributed by atoms with E-state index in [1.165, 1.54) is 25.9 Å². The molecule has 0 amide bonds. The van der Waals surface area contributed by atoms with Crippen LogP contribution in [0.1, 0.15) is 12.8 Å². The fourth-order valence-corrected chi connectivity index (χ4v) is 2.92. The molecule has 2 atom stereocenters. The van der Waals surface area contributed by atoms with Gasteiger partial charge in [-0.2, -0.15) is 0 Å². The van der Waals surface area contributed by atoms with Crippen molar-refractivity contribution < 1.29 is 4.74 Å². The van der Waals surface area contributed by atoms with Crippen LogP contribution in [0, 0.1) is 5.92 Å². The summed E-state index contributed by atoms with van der Waals surface area (Å²) in [6, 6.07) is 8.69. The van der Waals surface area contributed by atoms with E-state index in [0.29, 0.717) is 12.0 Å². The quantitative estimate of drug-likeness (QED) is 0.803. The van der Waals surface area contributed by atoms with Crippen molar-refractivity contribution in [1.29, 1.82) is 0 Å². The van der Waals surface area contributed by atoms with E-state index >= 15 is 0 Å². The summed E-state index contributed by atoms with van der Waals surface area (Å²) in [6.07, 6.45) is 2.62. The Kier molecular flexibility index (Phi) is 2.93. The molecule has 2 aliphatic rings. The molecule has 1 aromatic rings. The fraction of sp³-hybridized carbons (Fsp3) is 0.571. The third-order valence-corrected chi connectivity index (χ3v) is 3.88. The topological polar surface area (TPSA) is 24.5 Å². The molecule has 0 aromatic heterocycles. The molecule has 0 spiro atoms. The van der Waals surface area contributed by atoms with E-state index in [9.17, 15) is 0 Å². The maximum absolute atomic E-state index is 5.84. The number of rotatable bonds is 1. The van der Waals surface area contributed by atoms with Gasteiger partial charge in [-0.3, -0.25) is 0 Å². The lowest BCUT2D eigenvalue weighted by Crippen LogP contribution is -2.45. The van der Waals surface area contributed by atoms with E-state index in [1.54, 1.807) is 0 Å². The second-order valence-corrected chi connectivity index (χ2v) is 5.22. The molecule has 0 radical (unpaired) electrons. The van der Waals surface area contributed by atoms with Crippen molar-refractivity contribution in [2.24, 2.45) is 5.92 Å². The third kappa shape index (κ3) is 2.25. The van der Waals surface area contributed by atoms with Gasteiger partial charge >= 0.3 is 0 Å². The Hall–Kier alpha value is -1.22. The number of fused-ring (bicyclic) bond motifs is 1. The van der Waals surface area contributed by atoms with Crippen molar-refractivity contribution in [2.45, 2.75) is 18.9 Å². The Morgan fingerprint density at radius 1 is 1.35 bits per heavy atom. The minimum atomic E-state index is 0.465. The van der Waals surface area contributed by atoms with E-state index in [4.69, 9.17) is 4.74 Å². The Morgan fingerprint density at radius 3 is 3.12 bits per heavy atom. The molecule has 2 heterocycles.